The van der Waals surface area contributed by atoms with Crippen LogP contribution >= 0.6 is 0 Å². The Kier molecular flexibility index (Phi) is 2.71. The maximum Gasteiger partial charge on any atom is 0.330 e. The monoisotopic (exact) mass is 235 g/mol. The van der Waals surface area contributed by atoms with E-state index in [1.54, 1.807) is 32.3 Å². The van der Waals surface area contributed by atoms with Crippen molar-refractivity contribution in [3.05, 3.63) is 28.8 Å². The highest BCUT2D eigenvalue weighted by molar-refractivity contribution is 5.77. The maximum absolute atomic E-state index is 12.0. The number of pyridine rings is 1. The SMILES string of the molecule is CCC(C(=O)O)n1c(=O)n(C)c2ncccc21. The van der Waals surface area contributed by atoms with E-state index in [2.05, 4.69) is 4.98 Å². The molecule has 0 saturated heterocycles. The lowest BCUT2D eigenvalue weighted by molar-refractivity contribution is -0.141. The highest BCUT2D eigenvalue weighted by Crippen LogP contribution is 2.17. The summed E-state index contributed by atoms with van der Waals surface area (Å²) in [6.07, 6.45) is 1.93. The molecular formula is C11H13N3O3. The van der Waals surface area contributed by atoms with Gasteiger partial charge in [0.05, 0.1) is 5.52 Å². The largest absolute Gasteiger partial charge is 0.480 e. The van der Waals surface area contributed by atoms with E-state index < -0.39 is 12.0 Å². The smallest absolute Gasteiger partial charge is 0.330 e. The molecule has 2 aromatic rings. The van der Waals surface area contributed by atoms with Gasteiger partial charge in [-0.1, -0.05) is 6.92 Å². The molecule has 0 amide bonds. The van der Waals surface area contributed by atoms with Crippen LogP contribution in [-0.2, 0) is 11.8 Å². The van der Waals surface area contributed by atoms with Gasteiger partial charge in [-0.25, -0.2) is 14.6 Å². The van der Waals surface area contributed by atoms with Gasteiger partial charge in [0.1, 0.15) is 6.04 Å². The summed E-state index contributed by atoms with van der Waals surface area (Å²) in [6.45, 7) is 1.74. The van der Waals surface area contributed by atoms with Gasteiger partial charge in [0, 0.05) is 13.2 Å². The Morgan fingerprint density at radius 1 is 1.59 bits per heavy atom. The molecule has 0 aromatic carbocycles. The molecule has 1 unspecified atom stereocenters. The number of aryl methyl sites for hydroxylation is 1. The van der Waals surface area contributed by atoms with E-state index in [4.69, 9.17) is 5.11 Å². The van der Waals surface area contributed by atoms with E-state index in [0.717, 1.165) is 0 Å². The molecule has 0 fully saturated rings. The van der Waals surface area contributed by atoms with Gasteiger partial charge >= 0.3 is 11.7 Å². The zero-order valence-corrected chi connectivity index (χ0v) is 9.62. The summed E-state index contributed by atoms with van der Waals surface area (Å²) >= 11 is 0. The number of imidazole rings is 1. The van der Waals surface area contributed by atoms with E-state index in [0.29, 0.717) is 17.6 Å². The highest BCUT2D eigenvalue weighted by atomic mass is 16.4. The normalized spacial score (nSPS) is 12.8. The Balaban J connectivity index is 2.81. The number of fused-ring (bicyclic) bond motifs is 1. The molecule has 1 atom stereocenters. The molecule has 2 heterocycles. The minimum atomic E-state index is -1.01. The summed E-state index contributed by atoms with van der Waals surface area (Å²) in [5.74, 6) is -1.01. The zero-order valence-electron chi connectivity index (χ0n) is 9.62. The predicted molar refractivity (Wildman–Crippen MR) is 61.9 cm³/mol. The lowest BCUT2D eigenvalue weighted by Gasteiger charge is -2.10. The molecule has 0 spiro atoms. The first kappa shape index (κ1) is 11.4. The highest BCUT2D eigenvalue weighted by Gasteiger charge is 2.23. The molecule has 1 N–H and O–H groups in total. The van der Waals surface area contributed by atoms with Crippen LogP contribution in [0.2, 0.25) is 0 Å². The number of carboxylic acid groups (broad SMARTS) is 1. The fourth-order valence-electron chi connectivity index (χ4n) is 1.96. The van der Waals surface area contributed by atoms with Crippen LogP contribution in [0.4, 0.5) is 0 Å². The first-order chi connectivity index (χ1) is 8.07. The van der Waals surface area contributed by atoms with E-state index in [9.17, 15) is 9.59 Å². The van der Waals surface area contributed by atoms with Crippen LogP contribution in [0.25, 0.3) is 11.2 Å². The van der Waals surface area contributed by atoms with Crippen molar-refractivity contribution in [3.63, 3.8) is 0 Å². The van der Waals surface area contributed by atoms with Crippen molar-refractivity contribution in [2.24, 2.45) is 7.05 Å². The minimum absolute atomic E-state index is 0.350. The van der Waals surface area contributed by atoms with Crippen molar-refractivity contribution in [2.45, 2.75) is 19.4 Å². The average Bonchev–Trinajstić information content (AvgIpc) is 2.56. The third kappa shape index (κ3) is 1.61. The number of hydrogen-bond acceptors (Lipinski definition) is 3. The van der Waals surface area contributed by atoms with Crippen molar-refractivity contribution >= 4 is 17.1 Å². The summed E-state index contributed by atoms with van der Waals surface area (Å²) in [7, 11) is 1.59. The molecule has 0 aliphatic carbocycles. The Hall–Kier alpha value is -2.11. The molecule has 90 valence electrons. The fourth-order valence-corrected chi connectivity index (χ4v) is 1.96. The van der Waals surface area contributed by atoms with E-state index in [1.165, 1.54) is 9.13 Å². The van der Waals surface area contributed by atoms with Crippen molar-refractivity contribution in [1.82, 2.24) is 14.1 Å². The van der Waals surface area contributed by atoms with Crippen molar-refractivity contribution in [2.75, 3.05) is 0 Å². The number of nitrogens with zero attached hydrogens (tertiary/aromatic N) is 3. The quantitative estimate of drug-likeness (QED) is 0.852. The van der Waals surface area contributed by atoms with E-state index >= 15 is 0 Å². The van der Waals surface area contributed by atoms with Crippen LogP contribution in [-0.4, -0.2) is 25.2 Å². The number of rotatable bonds is 3. The van der Waals surface area contributed by atoms with Crippen molar-refractivity contribution < 1.29 is 9.90 Å². The van der Waals surface area contributed by atoms with Gasteiger partial charge in [-0.3, -0.25) is 9.13 Å². The molecule has 0 aliphatic heterocycles. The zero-order chi connectivity index (χ0) is 12.6. The second-order valence-electron chi connectivity index (χ2n) is 3.82. The number of carbonyl (C=O) groups is 1. The van der Waals surface area contributed by atoms with Crippen LogP contribution < -0.4 is 5.69 Å². The van der Waals surface area contributed by atoms with Gasteiger partial charge < -0.3 is 5.11 Å². The molecule has 2 aromatic heterocycles. The topological polar surface area (TPSA) is 77.1 Å². The van der Waals surface area contributed by atoms with E-state index in [-0.39, 0.29) is 5.69 Å². The average molecular weight is 235 g/mol. The second kappa shape index (κ2) is 4.04. The van der Waals surface area contributed by atoms with Crippen LogP contribution in [0.15, 0.2) is 23.1 Å². The molecule has 2 rings (SSSR count). The van der Waals surface area contributed by atoms with E-state index in [1.807, 2.05) is 0 Å². The molecule has 0 aliphatic rings. The Morgan fingerprint density at radius 3 is 2.88 bits per heavy atom. The first-order valence-corrected chi connectivity index (χ1v) is 5.32. The van der Waals surface area contributed by atoms with Crippen LogP contribution in [0.1, 0.15) is 19.4 Å². The maximum atomic E-state index is 12.0. The van der Waals surface area contributed by atoms with Gasteiger partial charge in [0.2, 0.25) is 0 Å². The lowest BCUT2D eigenvalue weighted by atomic mass is 10.2. The third-order valence-electron chi connectivity index (χ3n) is 2.82. The predicted octanol–water partition coefficient (Wildman–Crippen LogP) is 0.771. The van der Waals surface area contributed by atoms with Gasteiger partial charge in [-0.2, -0.15) is 0 Å². The summed E-state index contributed by atoms with van der Waals surface area (Å²) < 4.78 is 2.64. The Morgan fingerprint density at radius 2 is 2.29 bits per heavy atom. The molecule has 0 saturated carbocycles. The lowest BCUT2D eigenvalue weighted by Crippen LogP contribution is -2.30. The van der Waals surface area contributed by atoms with Crippen LogP contribution in [0.3, 0.4) is 0 Å². The first-order valence-electron chi connectivity index (χ1n) is 5.32. The van der Waals surface area contributed by atoms with Crippen LogP contribution in [0, 0.1) is 0 Å². The summed E-state index contributed by atoms with van der Waals surface area (Å²) in [5, 5.41) is 9.13. The van der Waals surface area contributed by atoms with Gasteiger partial charge in [-0.15, -0.1) is 0 Å². The van der Waals surface area contributed by atoms with Crippen LogP contribution in [0.5, 0.6) is 0 Å². The number of aliphatic carboxylic acids is 1. The minimum Gasteiger partial charge on any atom is -0.480 e. The molecular weight excluding hydrogens is 222 g/mol. The van der Waals surface area contributed by atoms with Gasteiger partial charge in [-0.05, 0) is 18.6 Å². The summed E-state index contributed by atoms with van der Waals surface area (Å²) in [4.78, 5) is 27.2. The van der Waals surface area contributed by atoms with Gasteiger partial charge in [0.25, 0.3) is 0 Å². The van der Waals surface area contributed by atoms with Crippen molar-refractivity contribution in [1.29, 1.82) is 0 Å². The summed E-state index contributed by atoms with van der Waals surface area (Å²) in [6, 6.07) is 2.54. The molecule has 17 heavy (non-hydrogen) atoms. The third-order valence-corrected chi connectivity index (χ3v) is 2.82. The van der Waals surface area contributed by atoms with Gasteiger partial charge in [0.15, 0.2) is 5.65 Å². The molecule has 6 heteroatoms. The fraction of sp³-hybridized carbons (Fsp3) is 0.364. The standard InChI is InChI=1S/C11H13N3O3/c1-3-7(10(15)16)14-8-5-4-6-12-9(8)13(2)11(14)17/h4-7H,3H2,1-2H3,(H,15,16). The number of carboxylic acids is 1. The second-order valence-corrected chi connectivity index (χ2v) is 3.82. The van der Waals surface area contributed by atoms with Crippen molar-refractivity contribution in [3.8, 4) is 0 Å². The Labute approximate surface area is 97.1 Å². The molecule has 6 nitrogen and oxygen atoms in total. The number of hydrogen-bond donors (Lipinski definition) is 1. The number of aromatic nitrogens is 3. The Bertz CT molecular complexity index is 626. The molecule has 0 radical (unpaired) electrons. The molecule has 0 bridgehead atoms. The summed E-state index contributed by atoms with van der Waals surface area (Å²) in [5.41, 5.74) is 0.694.